The first-order valence-electron chi connectivity index (χ1n) is 5.19. The molecule has 0 radical (unpaired) electrons. The molecular weight excluding hydrogens is 222 g/mol. The van der Waals surface area contributed by atoms with E-state index in [1.165, 1.54) is 11.8 Å². The van der Waals surface area contributed by atoms with Crippen LogP contribution in [0.4, 0.5) is 0 Å². The first kappa shape index (κ1) is 13.1. The molecule has 0 aliphatic rings. The quantitative estimate of drug-likeness (QED) is 0.794. The lowest BCUT2D eigenvalue weighted by molar-refractivity contribution is -0.128. The molecule has 16 heavy (non-hydrogen) atoms. The largest absolute Gasteiger partial charge is 0.392 e. The van der Waals surface area contributed by atoms with Gasteiger partial charge in [-0.1, -0.05) is 18.2 Å². The number of amides is 1. The van der Waals surface area contributed by atoms with Gasteiger partial charge >= 0.3 is 0 Å². The summed E-state index contributed by atoms with van der Waals surface area (Å²) < 4.78 is 0. The van der Waals surface area contributed by atoms with Gasteiger partial charge in [0.15, 0.2) is 0 Å². The normalized spacial score (nSPS) is 12.2. The highest BCUT2D eigenvalue weighted by atomic mass is 32.2. The summed E-state index contributed by atoms with van der Waals surface area (Å²) in [6, 6.07) is 9.81. The van der Waals surface area contributed by atoms with Crippen molar-refractivity contribution >= 4 is 17.7 Å². The minimum absolute atomic E-state index is 0.0368. The molecule has 0 aliphatic heterocycles. The van der Waals surface area contributed by atoms with E-state index in [2.05, 4.69) is 0 Å². The highest BCUT2D eigenvalue weighted by molar-refractivity contribution is 8.00. The molecule has 3 nitrogen and oxygen atoms in total. The molecule has 0 heterocycles. The van der Waals surface area contributed by atoms with Crippen LogP contribution >= 0.6 is 11.8 Å². The molecule has 1 rings (SSSR count). The van der Waals surface area contributed by atoms with Crippen molar-refractivity contribution in [3.8, 4) is 0 Å². The van der Waals surface area contributed by atoms with E-state index in [1.807, 2.05) is 30.3 Å². The van der Waals surface area contributed by atoms with Gasteiger partial charge in [0.1, 0.15) is 0 Å². The molecule has 1 unspecified atom stereocenters. The van der Waals surface area contributed by atoms with Gasteiger partial charge in [-0.2, -0.15) is 0 Å². The van der Waals surface area contributed by atoms with Crippen molar-refractivity contribution in [1.29, 1.82) is 0 Å². The molecule has 0 aromatic heterocycles. The maximum absolute atomic E-state index is 11.6. The van der Waals surface area contributed by atoms with Crippen molar-refractivity contribution in [1.82, 2.24) is 4.90 Å². The Kier molecular flexibility index (Phi) is 5.35. The topological polar surface area (TPSA) is 40.5 Å². The van der Waals surface area contributed by atoms with Crippen LogP contribution in [0.15, 0.2) is 35.2 Å². The second kappa shape index (κ2) is 6.55. The number of hydrogen-bond donors (Lipinski definition) is 1. The Morgan fingerprint density at radius 3 is 2.62 bits per heavy atom. The number of hydrogen-bond acceptors (Lipinski definition) is 3. The molecule has 1 N–H and O–H groups in total. The van der Waals surface area contributed by atoms with Crippen LogP contribution in [0.5, 0.6) is 0 Å². The van der Waals surface area contributed by atoms with Crippen LogP contribution in [0.1, 0.15) is 6.92 Å². The van der Waals surface area contributed by atoms with Crippen molar-refractivity contribution < 1.29 is 9.90 Å². The van der Waals surface area contributed by atoms with E-state index in [1.54, 1.807) is 18.9 Å². The van der Waals surface area contributed by atoms with Crippen molar-refractivity contribution in [3.05, 3.63) is 30.3 Å². The fourth-order valence-electron chi connectivity index (χ4n) is 1.27. The van der Waals surface area contributed by atoms with Gasteiger partial charge in [0.2, 0.25) is 5.91 Å². The van der Waals surface area contributed by atoms with Crippen molar-refractivity contribution in [2.75, 3.05) is 19.3 Å². The summed E-state index contributed by atoms with van der Waals surface area (Å²) in [5.74, 6) is 0.447. The average Bonchev–Trinajstić information content (AvgIpc) is 2.26. The van der Waals surface area contributed by atoms with E-state index in [0.717, 1.165) is 4.90 Å². The van der Waals surface area contributed by atoms with Crippen LogP contribution in [0.2, 0.25) is 0 Å². The summed E-state index contributed by atoms with van der Waals surface area (Å²) >= 11 is 1.51. The van der Waals surface area contributed by atoms with Crippen LogP contribution in [-0.2, 0) is 4.79 Å². The maximum atomic E-state index is 11.6. The third-order valence-electron chi connectivity index (χ3n) is 2.07. The van der Waals surface area contributed by atoms with Crippen LogP contribution in [0.3, 0.4) is 0 Å². The standard InChI is InChI=1S/C12H17NO2S/c1-10(14)8-13(2)12(15)9-16-11-6-4-3-5-7-11/h3-7,10,14H,8-9H2,1-2H3. The Hall–Kier alpha value is -1.00. The predicted octanol–water partition coefficient (Wildman–Crippen LogP) is 1.62. The van der Waals surface area contributed by atoms with Crippen molar-refractivity contribution in [3.63, 3.8) is 0 Å². The second-order valence-corrected chi connectivity index (χ2v) is 4.77. The number of aliphatic hydroxyl groups is 1. The number of aliphatic hydroxyl groups excluding tert-OH is 1. The molecule has 1 atom stereocenters. The molecule has 88 valence electrons. The summed E-state index contributed by atoms with van der Waals surface area (Å²) in [6.07, 6.45) is -0.476. The summed E-state index contributed by atoms with van der Waals surface area (Å²) in [5.41, 5.74) is 0. The average molecular weight is 239 g/mol. The highest BCUT2D eigenvalue weighted by Crippen LogP contribution is 2.17. The Labute approximate surface area is 100 Å². The molecule has 0 fully saturated rings. The van der Waals surface area contributed by atoms with E-state index < -0.39 is 6.10 Å². The lowest BCUT2D eigenvalue weighted by atomic mass is 10.4. The van der Waals surface area contributed by atoms with Gasteiger partial charge in [-0.3, -0.25) is 4.79 Å². The molecule has 1 aromatic rings. The van der Waals surface area contributed by atoms with Gasteiger partial charge in [-0.25, -0.2) is 0 Å². The van der Waals surface area contributed by atoms with Gasteiger partial charge in [0, 0.05) is 18.5 Å². The molecule has 1 aromatic carbocycles. The van der Waals surface area contributed by atoms with Crippen molar-refractivity contribution in [2.45, 2.75) is 17.9 Å². The first-order chi connectivity index (χ1) is 7.59. The molecule has 0 spiro atoms. The molecule has 0 bridgehead atoms. The summed E-state index contributed by atoms with van der Waals surface area (Å²) in [4.78, 5) is 14.3. The predicted molar refractivity (Wildman–Crippen MR) is 66.5 cm³/mol. The number of thioether (sulfide) groups is 1. The second-order valence-electron chi connectivity index (χ2n) is 3.73. The van der Waals surface area contributed by atoms with Crippen LogP contribution in [0, 0.1) is 0 Å². The summed E-state index contributed by atoms with van der Waals surface area (Å²) in [6.45, 7) is 2.06. The number of carbonyl (C=O) groups is 1. The van der Waals surface area contributed by atoms with Crippen LogP contribution in [-0.4, -0.2) is 41.4 Å². The molecule has 0 aliphatic carbocycles. The van der Waals surface area contributed by atoms with Crippen LogP contribution in [0.25, 0.3) is 0 Å². The highest BCUT2D eigenvalue weighted by Gasteiger charge is 2.10. The Bertz CT molecular complexity index is 327. The molecule has 0 saturated carbocycles. The zero-order valence-corrected chi connectivity index (χ0v) is 10.4. The molecule has 0 saturated heterocycles. The molecule has 1 amide bonds. The Morgan fingerprint density at radius 1 is 1.44 bits per heavy atom. The van der Waals surface area contributed by atoms with E-state index >= 15 is 0 Å². The third-order valence-corrected chi connectivity index (χ3v) is 3.07. The first-order valence-corrected chi connectivity index (χ1v) is 6.18. The molecule has 4 heteroatoms. The fourth-order valence-corrected chi connectivity index (χ4v) is 2.13. The monoisotopic (exact) mass is 239 g/mol. The third kappa shape index (κ3) is 4.68. The number of rotatable bonds is 5. The lowest BCUT2D eigenvalue weighted by Crippen LogP contribution is -2.34. The Balaban J connectivity index is 2.35. The zero-order valence-electron chi connectivity index (χ0n) is 9.59. The van der Waals surface area contributed by atoms with Gasteiger partial charge in [-0.05, 0) is 19.1 Å². The summed E-state index contributed by atoms with van der Waals surface area (Å²) in [5, 5.41) is 9.16. The SMILES string of the molecule is CC(O)CN(C)C(=O)CSc1ccccc1. The number of nitrogens with zero attached hydrogens (tertiary/aromatic N) is 1. The lowest BCUT2D eigenvalue weighted by Gasteiger charge is -2.18. The van der Waals surface area contributed by atoms with Gasteiger partial charge in [0.05, 0.1) is 11.9 Å². The van der Waals surface area contributed by atoms with Gasteiger partial charge in [0.25, 0.3) is 0 Å². The minimum atomic E-state index is -0.476. The molecular formula is C12H17NO2S. The zero-order chi connectivity index (χ0) is 12.0. The Morgan fingerprint density at radius 2 is 2.06 bits per heavy atom. The van der Waals surface area contributed by atoms with Crippen molar-refractivity contribution in [2.24, 2.45) is 0 Å². The smallest absolute Gasteiger partial charge is 0.232 e. The number of benzene rings is 1. The number of likely N-dealkylation sites (N-methyl/N-ethyl adjacent to an activating group) is 1. The minimum Gasteiger partial charge on any atom is -0.392 e. The van der Waals surface area contributed by atoms with E-state index in [0.29, 0.717) is 12.3 Å². The maximum Gasteiger partial charge on any atom is 0.232 e. The van der Waals surface area contributed by atoms with Gasteiger partial charge < -0.3 is 10.0 Å². The van der Waals surface area contributed by atoms with E-state index in [4.69, 9.17) is 5.11 Å². The van der Waals surface area contributed by atoms with E-state index in [9.17, 15) is 4.79 Å². The van der Waals surface area contributed by atoms with Gasteiger partial charge in [-0.15, -0.1) is 11.8 Å². The fraction of sp³-hybridized carbons (Fsp3) is 0.417. The van der Waals surface area contributed by atoms with E-state index in [-0.39, 0.29) is 5.91 Å². The van der Waals surface area contributed by atoms with Crippen LogP contribution < -0.4 is 0 Å². The summed E-state index contributed by atoms with van der Waals surface area (Å²) in [7, 11) is 1.71. The number of carbonyl (C=O) groups excluding carboxylic acids is 1.